The third-order valence-corrected chi connectivity index (χ3v) is 4.83. The number of benzene rings is 1. The van der Waals surface area contributed by atoms with Crippen molar-refractivity contribution in [1.82, 2.24) is 4.90 Å². The van der Waals surface area contributed by atoms with Gasteiger partial charge in [0, 0.05) is 13.1 Å². The molecule has 2 aliphatic heterocycles. The van der Waals surface area contributed by atoms with E-state index in [1.165, 1.54) is 11.8 Å². The summed E-state index contributed by atoms with van der Waals surface area (Å²) in [7, 11) is 0. The molecule has 0 N–H and O–H groups in total. The molecule has 0 radical (unpaired) electrons. The second-order valence-electron chi connectivity index (χ2n) is 5.97. The SMILES string of the molecule is CCOc1ccc(/C=C2\SC(N3C[C@H](C)O[C@@H](C)C3)=NC2=O)cc1. The van der Waals surface area contributed by atoms with Gasteiger partial charge in [0.1, 0.15) is 5.75 Å². The number of morpholine rings is 1. The topological polar surface area (TPSA) is 51.1 Å². The van der Waals surface area contributed by atoms with Crippen LogP contribution in [0.3, 0.4) is 0 Å². The lowest BCUT2D eigenvalue weighted by atomic mass is 10.2. The van der Waals surface area contributed by atoms with Crippen LogP contribution in [0.4, 0.5) is 0 Å². The molecule has 1 aromatic rings. The van der Waals surface area contributed by atoms with Crippen molar-refractivity contribution in [3.63, 3.8) is 0 Å². The Hall–Kier alpha value is -1.79. The number of thioether (sulfide) groups is 1. The molecule has 2 aliphatic rings. The van der Waals surface area contributed by atoms with E-state index in [2.05, 4.69) is 9.89 Å². The van der Waals surface area contributed by atoms with E-state index in [1.807, 2.05) is 51.1 Å². The molecule has 0 aliphatic carbocycles. The van der Waals surface area contributed by atoms with E-state index in [0.29, 0.717) is 11.5 Å². The summed E-state index contributed by atoms with van der Waals surface area (Å²) in [6, 6.07) is 7.71. The Morgan fingerprint density at radius 3 is 2.58 bits per heavy atom. The third kappa shape index (κ3) is 3.99. The second kappa shape index (κ2) is 7.40. The highest BCUT2D eigenvalue weighted by Gasteiger charge is 2.30. The molecule has 1 saturated heterocycles. The summed E-state index contributed by atoms with van der Waals surface area (Å²) in [6.45, 7) is 8.21. The summed E-state index contributed by atoms with van der Waals surface area (Å²) in [5.41, 5.74) is 0.967. The Morgan fingerprint density at radius 1 is 1.29 bits per heavy atom. The van der Waals surface area contributed by atoms with Gasteiger partial charge in [-0.05, 0) is 56.3 Å². The van der Waals surface area contributed by atoms with Crippen molar-refractivity contribution in [2.45, 2.75) is 33.0 Å². The first kappa shape index (κ1) is 17.0. The summed E-state index contributed by atoms with van der Waals surface area (Å²) in [5, 5.41) is 0.777. The first-order chi connectivity index (χ1) is 11.5. The van der Waals surface area contributed by atoms with Gasteiger partial charge in [-0.3, -0.25) is 4.79 Å². The molecule has 0 saturated carbocycles. The quantitative estimate of drug-likeness (QED) is 0.787. The van der Waals surface area contributed by atoms with Crippen molar-refractivity contribution in [1.29, 1.82) is 0 Å². The van der Waals surface area contributed by atoms with Gasteiger partial charge in [-0.1, -0.05) is 12.1 Å². The normalized spacial score (nSPS) is 26.0. The summed E-state index contributed by atoms with van der Waals surface area (Å²) in [4.78, 5) is 19.2. The Balaban J connectivity index is 1.70. The minimum absolute atomic E-state index is 0.145. The minimum Gasteiger partial charge on any atom is -0.494 e. The van der Waals surface area contributed by atoms with Gasteiger partial charge < -0.3 is 14.4 Å². The molecule has 1 amide bonds. The molecule has 128 valence electrons. The maximum atomic E-state index is 12.2. The lowest BCUT2D eigenvalue weighted by Gasteiger charge is -2.35. The second-order valence-corrected chi connectivity index (χ2v) is 6.98. The number of rotatable bonds is 3. The van der Waals surface area contributed by atoms with Crippen molar-refractivity contribution in [3.8, 4) is 5.75 Å². The number of amidine groups is 1. The van der Waals surface area contributed by atoms with Gasteiger partial charge in [-0.2, -0.15) is 4.99 Å². The number of carbonyl (C=O) groups is 1. The molecule has 2 atom stereocenters. The first-order valence-corrected chi connectivity index (χ1v) is 9.02. The van der Waals surface area contributed by atoms with E-state index in [0.717, 1.165) is 29.6 Å². The fourth-order valence-electron chi connectivity index (χ4n) is 2.85. The number of nitrogens with zero attached hydrogens (tertiary/aromatic N) is 2. The number of aliphatic imine (C=N–C) groups is 1. The number of hydrogen-bond acceptors (Lipinski definition) is 5. The standard InChI is InChI=1S/C18H22N2O3S/c1-4-22-15-7-5-14(6-8-15)9-16-17(21)19-18(24-16)20-10-12(2)23-13(3)11-20/h5-9,12-13H,4,10-11H2,1-3H3/b16-9-/t12-,13-/m0/s1. The first-order valence-electron chi connectivity index (χ1n) is 8.21. The van der Waals surface area contributed by atoms with Crippen LogP contribution in [0.25, 0.3) is 6.08 Å². The van der Waals surface area contributed by atoms with Crippen LogP contribution < -0.4 is 4.74 Å². The smallest absolute Gasteiger partial charge is 0.286 e. The Labute approximate surface area is 146 Å². The van der Waals surface area contributed by atoms with Gasteiger partial charge in [0.2, 0.25) is 0 Å². The molecule has 5 nitrogen and oxygen atoms in total. The van der Waals surface area contributed by atoms with E-state index in [1.54, 1.807) is 0 Å². The van der Waals surface area contributed by atoms with E-state index >= 15 is 0 Å². The summed E-state index contributed by atoms with van der Waals surface area (Å²) >= 11 is 1.44. The Bertz CT molecular complexity index is 659. The Kier molecular flexibility index (Phi) is 5.26. The van der Waals surface area contributed by atoms with Crippen LogP contribution in [0.1, 0.15) is 26.3 Å². The molecule has 0 aromatic heterocycles. The molecule has 1 fully saturated rings. The highest BCUT2D eigenvalue weighted by molar-refractivity contribution is 8.18. The lowest BCUT2D eigenvalue weighted by Crippen LogP contribution is -2.47. The molecular weight excluding hydrogens is 324 g/mol. The van der Waals surface area contributed by atoms with Gasteiger partial charge >= 0.3 is 0 Å². The minimum atomic E-state index is -0.171. The van der Waals surface area contributed by atoms with Crippen molar-refractivity contribution >= 4 is 28.9 Å². The van der Waals surface area contributed by atoms with E-state index in [-0.39, 0.29) is 18.1 Å². The molecule has 2 heterocycles. The predicted molar refractivity (Wildman–Crippen MR) is 97.2 cm³/mol. The molecule has 1 aromatic carbocycles. The van der Waals surface area contributed by atoms with Crippen molar-refractivity contribution in [2.75, 3.05) is 19.7 Å². The van der Waals surface area contributed by atoms with Crippen LogP contribution in [-0.4, -0.2) is 47.9 Å². The molecule has 0 spiro atoms. The van der Waals surface area contributed by atoms with E-state index in [9.17, 15) is 4.79 Å². The molecule has 3 rings (SSSR count). The number of hydrogen-bond donors (Lipinski definition) is 0. The zero-order chi connectivity index (χ0) is 17.1. The largest absolute Gasteiger partial charge is 0.494 e. The molecular formula is C18H22N2O3S. The van der Waals surface area contributed by atoms with Crippen molar-refractivity contribution in [2.24, 2.45) is 4.99 Å². The summed E-state index contributed by atoms with van der Waals surface area (Å²) in [6.07, 6.45) is 2.17. The van der Waals surface area contributed by atoms with E-state index < -0.39 is 0 Å². The third-order valence-electron chi connectivity index (χ3n) is 3.79. The zero-order valence-corrected chi connectivity index (χ0v) is 15.0. The van der Waals surface area contributed by atoms with Crippen molar-refractivity contribution < 1.29 is 14.3 Å². The summed E-state index contributed by atoms with van der Waals surface area (Å²) < 4.78 is 11.2. The van der Waals surface area contributed by atoms with Crippen LogP contribution in [0, 0.1) is 0 Å². The van der Waals surface area contributed by atoms with Crippen LogP contribution >= 0.6 is 11.8 Å². The molecule has 0 bridgehead atoms. The number of carbonyl (C=O) groups excluding carboxylic acids is 1. The average Bonchev–Trinajstić information content (AvgIpc) is 2.90. The predicted octanol–water partition coefficient (Wildman–Crippen LogP) is 3.16. The summed E-state index contributed by atoms with van der Waals surface area (Å²) in [5.74, 6) is 0.661. The van der Waals surface area contributed by atoms with Crippen LogP contribution in [0.2, 0.25) is 0 Å². The highest BCUT2D eigenvalue weighted by atomic mass is 32.2. The fraction of sp³-hybridized carbons (Fsp3) is 0.444. The maximum Gasteiger partial charge on any atom is 0.286 e. The zero-order valence-electron chi connectivity index (χ0n) is 14.2. The number of amides is 1. The molecule has 24 heavy (non-hydrogen) atoms. The number of ether oxygens (including phenoxy) is 2. The van der Waals surface area contributed by atoms with Crippen LogP contribution in [0.15, 0.2) is 34.2 Å². The lowest BCUT2D eigenvalue weighted by molar-refractivity contribution is -0.113. The van der Waals surface area contributed by atoms with Gasteiger partial charge in [0.05, 0.1) is 23.7 Å². The van der Waals surface area contributed by atoms with E-state index in [4.69, 9.17) is 9.47 Å². The molecule has 6 heteroatoms. The average molecular weight is 346 g/mol. The van der Waals surface area contributed by atoms with Gasteiger partial charge in [0.15, 0.2) is 5.17 Å². The highest BCUT2D eigenvalue weighted by Crippen LogP contribution is 2.31. The fourth-order valence-corrected chi connectivity index (χ4v) is 3.78. The monoisotopic (exact) mass is 346 g/mol. The van der Waals surface area contributed by atoms with Gasteiger partial charge in [0.25, 0.3) is 5.91 Å². The van der Waals surface area contributed by atoms with Crippen LogP contribution in [0.5, 0.6) is 5.75 Å². The Morgan fingerprint density at radius 2 is 1.96 bits per heavy atom. The van der Waals surface area contributed by atoms with Gasteiger partial charge in [-0.25, -0.2) is 0 Å². The van der Waals surface area contributed by atoms with Crippen LogP contribution in [-0.2, 0) is 9.53 Å². The molecule has 0 unspecified atom stereocenters. The maximum absolute atomic E-state index is 12.2. The van der Waals surface area contributed by atoms with Crippen molar-refractivity contribution in [3.05, 3.63) is 34.7 Å². The van der Waals surface area contributed by atoms with Gasteiger partial charge in [-0.15, -0.1) is 0 Å².